The van der Waals surface area contributed by atoms with Gasteiger partial charge in [0.15, 0.2) is 0 Å². The highest BCUT2D eigenvalue weighted by Gasteiger charge is 2.17. The minimum absolute atomic E-state index is 0.229. The van der Waals surface area contributed by atoms with Crippen LogP contribution in [0.2, 0.25) is 0 Å². The van der Waals surface area contributed by atoms with Gasteiger partial charge < -0.3 is 20.7 Å². The maximum atomic E-state index is 11.3. The van der Waals surface area contributed by atoms with Crippen molar-refractivity contribution in [3.63, 3.8) is 0 Å². The Hall–Kier alpha value is -3.54. The smallest absolute Gasteiger partial charge is 0.336 e. The van der Waals surface area contributed by atoms with Gasteiger partial charge in [-0.25, -0.2) is 9.59 Å². The summed E-state index contributed by atoms with van der Waals surface area (Å²) in [5, 5.41) is 19.8. The molecule has 0 saturated heterocycles. The van der Waals surface area contributed by atoms with Crippen molar-refractivity contribution in [2.45, 2.75) is 0 Å². The molecule has 0 radical (unpaired) electrons. The maximum Gasteiger partial charge on any atom is 0.336 e. The van der Waals surface area contributed by atoms with E-state index in [0.29, 0.717) is 11.4 Å². The number of anilines is 1. The second kappa shape index (κ2) is 5.92. The molecule has 3 aromatic rings. The number of ether oxygens (including phenoxy) is 1. The third kappa shape index (κ3) is 2.72. The van der Waals surface area contributed by atoms with Crippen LogP contribution in [-0.2, 0) is 0 Å². The highest BCUT2D eigenvalue weighted by molar-refractivity contribution is 6.02. The van der Waals surface area contributed by atoms with Crippen molar-refractivity contribution < 1.29 is 24.5 Å². The Balaban J connectivity index is 2.06. The van der Waals surface area contributed by atoms with Gasteiger partial charge in [0.05, 0.1) is 11.1 Å². The molecule has 0 saturated carbocycles. The van der Waals surface area contributed by atoms with Crippen LogP contribution in [-0.4, -0.2) is 22.2 Å². The average molecular weight is 323 g/mol. The fraction of sp³-hybridized carbons (Fsp3) is 0. The lowest BCUT2D eigenvalue weighted by Crippen LogP contribution is -2.08. The topological polar surface area (TPSA) is 110 Å². The highest BCUT2D eigenvalue weighted by atomic mass is 16.5. The Morgan fingerprint density at radius 3 is 2.21 bits per heavy atom. The number of rotatable bonds is 4. The van der Waals surface area contributed by atoms with Gasteiger partial charge in [0, 0.05) is 16.5 Å². The Kier molecular flexibility index (Phi) is 3.79. The van der Waals surface area contributed by atoms with Crippen molar-refractivity contribution in [2.24, 2.45) is 0 Å². The van der Waals surface area contributed by atoms with Crippen molar-refractivity contribution in [3.05, 3.63) is 65.7 Å². The highest BCUT2D eigenvalue weighted by Crippen LogP contribution is 2.33. The SMILES string of the molecule is Nc1cccc2c(Oc3ccc(C(=O)O)c(C(=O)O)c3)cccc12. The summed E-state index contributed by atoms with van der Waals surface area (Å²) in [5.74, 6) is -1.91. The van der Waals surface area contributed by atoms with Gasteiger partial charge in [0.25, 0.3) is 0 Å². The number of hydrogen-bond acceptors (Lipinski definition) is 4. The lowest BCUT2D eigenvalue weighted by Gasteiger charge is -2.11. The third-order valence-corrected chi connectivity index (χ3v) is 3.60. The minimum Gasteiger partial charge on any atom is -0.478 e. The van der Waals surface area contributed by atoms with Crippen LogP contribution in [0.25, 0.3) is 10.8 Å². The van der Waals surface area contributed by atoms with Gasteiger partial charge in [-0.3, -0.25) is 0 Å². The predicted molar refractivity (Wildman–Crippen MR) is 88.8 cm³/mol. The molecule has 6 nitrogen and oxygen atoms in total. The molecule has 0 amide bonds. The molecule has 0 heterocycles. The zero-order valence-corrected chi connectivity index (χ0v) is 12.4. The van der Waals surface area contributed by atoms with Crippen LogP contribution in [0.3, 0.4) is 0 Å². The van der Waals surface area contributed by atoms with Crippen LogP contribution >= 0.6 is 0 Å². The van der Waals surface area contributed by atoms with E-state index < -0.39 is 11.9 Å². The van der Waals surface area contributed by atoms with E-state index in [1.807, 2.05) is 12.1 Å². The molecular formula is C18H13NO5. The fourth-order valence-electron chi connectivity index (χ4n) is 2.47. The third-order valence-electron chi connectivity index (χ3n) is 3.60. The van der Waals surface area contributed by atoms with Gasteiger partial charge in [0.2, 0.25) is 0 Å². The Bertz CT molecular complexity index is 965. The number of nitrogen functional groups attached to an aromatic ring is 1. The zero-order valence-electron chi connectivity index (χ0n) is 12.4. The summed E-state index contributed by atoms with van der Waals surface area (Å²) in [7, 11) is 0. The normalized spacial score (nSPS) is 10.5. The van der Waals surface area contributed by atoms with E-state index in [9.17, 15) is 14.7 Å². The van der Waals surface area contributed by atoms with Crippen molar-refractivity contribution in [1.82, 2.24) is 0 Å². The Labute approximate surface area is 136 Å². The Morgan fingerprint density at radius 2 is 1.50 bits per heavy atom. The first-order chi connectivity index (χ1) is 11.5. The van der Waals surface area contributed by atoms with Crippen LogP contribution in [0.15, 0.2) is 54.6 Å². The number of benzene rings is 3. The molecule has 0 bridgehead atoms. The number of hydrogen-bond donors (Lipinski definition) is 3. The molecule has 0 aliphatic heterocycles. The molecule has 4 N–H and O–H groups in total. The van der Waals surface area contributed by atoms with E-state index in [1.165, 1.54) is 18.2 Å². The van der Waals surface area contributed by atoms with Crippen molar-refractivity contribution >= 4 is 28.4 Å². The summed E-state index contributed by atoms with van der Waals surface area (Å²) in [5.41, 5.74) is 5.91. The molecule has 6 heteroatoms. The van der Waals surface area contributed by atoms with Gasteiger partial charge in [-0.2, -0.15) is 0 Å². The maximum absolute atomic E-state index is 11.3. The van der Waals surface area contributed by atoms with Crippen LogP contribution in [0, 0.1) is 0 Å². The Morgan fingerprint density at radius 1 is 0.833 bits per heavy atom. The van der Waals surface area contributed by atoms with Crippen LogP contribution < -0.4 is 10.5 Å². The van der Waals surface area contributed by atoms with E-state index in [2.05, 4.69) is 0 Å². The summed E-state index contributed by atoms with van der Waals surface area (Å²) in [6, 6.07) is 14.6. The van der Waals surface area contributed by atoms with E-state index in [1.54, 1.807) is 24.3 Å². The number of carboxylic acids is 2. The van der Waals surface area contributed by atoms with E-state index in [0.717, 1.165) is 10.8 Å². The van der Waals surface area contributed by atoms with Crippen molar-refractivity contribution in [3.8, 4) is 11.5 Å². The van der Waals surface area contributed by atoms with Crippen molar-refractivity contribution in [1.29, 1.82) is 0 Å². The summed E-state index contributed by atoms with van der Waals surface area (Å²) in [6.07, 6.45) is 0. The number of fused-ring (bicyclic) bond motifs is 1. The fourth-order valence-corrected chi connectivity index (χ4v) is 2.47. The second-order valence-corrected chi connectivity index (χ2v) is 5.12. The lowest BCUT2D eigenvalue weighted by molar-refractivity contribution is 0.0651. The predicted octanol–water partition coefficient (Wildman–Crippen LogP) is 3.61. The molecule has 0 atom stereocenters. The average Bonchev–Trinajstić information content (AvgIpc) is 2.55. The molecule has 3 rings (SSSR count). The molecule has 0 unspecified atom stereocenters. The van der Waals surface area contributed by atoms with Crippen LogP contribution in [0.5, 0.6) is 11.5 Å². The van der Waals surface area contributed by atoms with Gasteiger partial charge in [-0.05, 0) is 30.3 Å². The minimum atomic E-state index is -1.33. The molecule has 120 valence electrons. The molecule has 0 aromatic heterocycles. The zero-order chi connectivity index (χ0) is 17.3. The van der Waals surface area contributed by atoms with Crippen molar-refractivity contribution in [2.75, 3.05) is 5.73 Å². The molecule has 0 spiro atoms. The molecule has 0 fully saturated rings. The summed E-state index contributed by atoms with van der Waals surface area (Å²) in [6.45, 7) is 0. The standard InChI is InChI=1S/C18H13NO5/c19-15-5-1-4-12-11(15)3-2-6-16(12)24-10-7-8-13(17(20)21)14(9-10)18(22)23/h1-9H,19H2,(H,20,21)(H,22,23). The monoisotopic (exact) mass is 323 g/mol. The summed E-state index contributed by atoms with van der Waals surface area (Å²) in [4.78, 5) is 22.3. The second-order valence-electron chi connectivity index (χ2n) is 5.12. The largest absolute Gasteiger partial charge is 0.478 e. The molecule has 24 heavy (non-hydrogen) atoms. The van der Waals surface area contributed by atoms with Gasteiger partial charge in [-0.1, -0.05) is 24.3 Å². The number of carboxylic acid groups (broad SMARTS) is 2. The van der Waals surface area contributed by atoms with Crippen LogP contribution in [0.4, 0.5) is 5.69 Å². The summed E-state index contributed by atoms with van der Waals surface area (Å²) < 4.78 is 5.76. The summed E-state index contributed by atoms with van der Waals surface area (Å²) >= 11 is 0. The first-order valence-electron chi connectivity index (χ1n) is 7.03. The molecule has 3 aromatic carbocycles. The molecule has 0 aliphatic carbocycles. The van der Waals surface area contributed by atoms with Crippen LogP contribution in [0.1, 0.15) is 20.7 Å². The van der Waals surface area contributed by atoms with E-state index in [-0.39, 0.29) is 16.9 Å². The van der Waals surface area contributed by atoms with Gasteiger partial charge in [-0.15, -0.1) is 0 Å². The van der Waals surface area contributed by atoms with E-state index >= 15 is 0 Å². The van der Waals surface area contributed by atoms with Gasteiger partial charge >= 0.3 is 11.9 Å². The lowest BCUT2D eigenvalue weighted by atomic mass is 10.1. The molecular weight excluding hydrogens is 310 g/mol. The quantitative estimate of drug-likeness (QED) is 0.633. The number of aromatic carboxylic acids is 2. The van der Waals surface area contributed by atoms with E-state index in [4.69, 9.17) is 15.6 Å². The first kappa shape index (κ1) is 15.4. The first-order valence-corrected chi connectivity index (χ1v) is 7.03. The number of nitrogens with two attached hydrogens (primary N) is 1. The number of carbonyl (C=O) groups is 2. The molecule has 0 aliphatic rings. The van der Waals surface area contributed by atoms with Gasteiger partial charge in [0.1, 0.15) is 11.5 Å².